The lowest BCUT2D eigenvalue weighted by Crippen LogP contribution is -2.55. The average molecular weight is 392 g/mol. The number of amides is 2. The summed E-state index contributed by atoms with van der Waals surface area (Å²) in [6.45, 7) is 1.28. The highest BCUT2D eigenvalue weighted by molar-refractivity contribution is 5.91. The topological polar surface area (TPSA) is 102 Å². The van der Waals surface area contributed by atoms with Crippen molar-refractivity contribution in [2.24, 2.45) is 5.92 Å². The number of nitrogens with one attached hydrogen (secondary N) is 2. The van der Waals surface area contributed by atoms with Crippen molar-refractivity contribution in [3.63, 3.8) is 0 Å². The third-order valence-corrected chi connectivity index (χ3v) is 4.79. The Morgan fingerprint density at radius 3 is 2.46 bits per heavy atom. The largest absolute Gasteiger partial charge is 0.467 e. The van der Waals surface area contributed by atoms with Gasteiger partial charge in [-0.3, -0.25) is 14.4 Å². The highest BCUT2D eigenvalue weighted by atomic mass is 19.1. The molecule has 3 atom stereocenters. The summed E-state index contributed by atoms with van der Waals surface area (Å²) in [5.74, 6) is -2.31. The van der Waals surface area contributed by atoms with Crippen LogP contribution in [0.2, 0.25) is 0 Å². The third kappa shape index (κ3) is 6.14. The molecule has 2 rings (SSSR count). The molecule has 0 radical (unpaired) electrons. The van der Waals surface area contributed by atoms with Crippen molar-refractivity contribution in [1.29, 1.82) is 0 Å². The van der Waals surface area contributed by atoms with Crippen molar-refractivity contribution in [1.82, 2.24) is 10.6 Å². The predicted octanol–water partition coefficient (Wildman–Crippen LogP) is 1.29. The molecule has 0 heterocycles. The zero-order valence-electron chi connectivity index (χ0n) is 16.0. The number of ether oxygens (including phenoxy) is 1. The first-order chi connectivity index (χ1) is 13.3. The van der Waals surface area contributed by atoms with Crippen molar-refractivity contribution < 1.29 is 28.3 Å². The van der Waals surface area contributed by atoms with Gasteiger partial charge in [0.25, 0.3) is 0 Å². The molecule has 28 heavy (non-hydrogen) atoms. The molecule has 2 N–H and O–H groups in total. The van der Waals surface area contributed by atoms with E-state index in [-0.39, 0.29) is 24.5 Å². The molecule has 2 amide bonds. The maximum absolute atomic E-state index is 13.1. The maximum atomic E-state index is 13.1. The fraction of sp³-hybridized carbons (Fsp3) is 0.500. The van der Waals surface area contributed by atoms with Gasteiger partial charge in [-0.1, -0.05) is 12.1 Å². The van der Waals surface area contributed by atoms with Crippen LogP contribution < -0.4 is 10.6 Å². The van der Waals surface area contributed by atoms with E-state index >= 15 is 0 Å². The maximum Gasteiger partial charge on any atom is 0.328 e. The molecule has 1 aliphatic rings. The number of hydrogen-bond acceptors (Lipinski definition) is 5. The Bertz CT molecular complexity index is 735. The second-order valence-corrected chi connectivity index (χ2v) is 6.99. The minimum absolute atomic E-state index is 0.0455. The summed E-state index contributed by atoms with van der Waals surface area (Å²) in [5, 5.41) is 5.19. The summed E-state index contributed by atoms with van der Waals surface area (Å²) in [5.41, 5.74) is 0.651. The molecule has 7 nitrogen and oxygen atoms in total. The zero-order valence-corrected chi connectivity index (χ0v) is 16.0. The standard InChI is InChI=1S/C20H25FN2O5/c1-12(24)22-17(10-13-6-8-15(21)9-7-13)19(26)23-18(20(27)28-2)14-4-3-5-16(25)11-14/h6-9,14,17-18H,3-5,10-11H2,1-2H3,(H,22,24)(H,23,26)/t14-,17-,18+/m0/s1. The summed E-state index contributed by atoms with van der Waals surface area (Å²) >= 11 is 0. The number of methoxy groups -OCH3 is 1. The van der Waals surface area contributed by atoms with Crippen molar-refractivity contribution in [3.8, 4) is 0 Å². The van der Waals surface area contributed by atoms with Gasteiger partial charge in [0.1, 0.15) is 23.7 Å². The first-order valence-electron chi connectivity index (χ1n) is 9.21. The van der Waals surface area contributed by atoms with Crippen molar-refractivity contribution in [3.05, 3.63) is 35.6 Å². The molecule has 0 aromatic heterocycles. The summed E-state index contributed by atoms with van der Waals surface area (Å²) in [7, 11) is 1.22. The molecule has 0 bridgehead atoms. The molecular formula is C20H25FN2O5. The predicted molar refractivity (Wildman–Crippen MR) is 98.6 cm³/mol. The van der Waals surface area contributed by atoms with Gasteiger partial charge in [0, 0.05) is 26.2 Å². The highest BCUT2D eigenvalue weighted by Gasteiger charge is 2.35. The Hall–Kier alpha value is -2.77. The normalized spacial score (nSPS) is 18.7. The van der Waals surface area contributed by atoms with E-state index in [1.807, 2.05) is 0 Å². The van der Waals surface area contributed by atoms with Crippen molar-refractivity contribution in [2.75, 3.05) is 7.11 Å². The van der Waals surface area contributed by atoms with Gasteiger partial charge in [0.15, 0.2) is 0 Å². The molecule has 1 aromatic rings. The summed E-state index contributed by atoms with van der Waals surface area (Å²) in [6, 6.07) is 3.66. The van der Waals surface area contributed by atoms with Crippen LogP contribution in [0.3, 0.4) is 0 Å². The third-order valence-electron chi connectivity index (χ3n) is 4.79. The van der Waals surface area contributed by atoms with Gasteiger partial charge in [-0.25, -0.2) is 9.18 Å². The molecule has 152 valence electrons. The number of ketones is 1. The van der Waals surface area contributed by atoms with Crippen LogP contribution >= 0.6 is 0 Å². The fourth-order valence-electron chi connectivity index (χ4n) is 3.40. The van der Waals surface area contributed by atoms with Gasteiger partial charge in [-0.2, -0.15) is 0 Å². The zero-order chi connectivity index (χ0) is 20.7. The number of hydrogen-bond donors (Lipinski definition) is 2. The first kappa shape index (κ1) is 21.5. The summed E-state index contributed by atoms with van der Waals surface area (Å²) in [4.78, 5) is 48.3. The molecule has 0 saturated heterocycles. The number of carbonyl (C=O) groups excluding carboxylic acids is 4. The molecule has 1 saturated carbocycles. The van der Waals surface area contributed by atoms with Crippen LogP contribution in [-0.4, -0.2) is 42.8 Å². The van der Waals surface area contributed by atoms with Crippen LogP contribution in [0.15, 0.2) is 24.3 Å². The lowest BCUT2D eigenvalue weighted by atomic mass is 9.83. The van der Waals surface area contributed by atoms with Gasteiger partial charge in [0.05, 0.1) is 7.11 Å². The van der Waals surface area contributed by atoms with Crippen molar-refractivity contribution in [2.45, 2.75) is 51.1 Å². The molecule has 0 aliphatic heterocycles. The van der Waals surface area contributed by atoms with E-state index in [1.165, 1.54) is 38.3 Å². The average Bonchev–Trinajstić information content (AvgIpc) is 2.66. The number of Topliss-reactive ketones (excluding diaryl/α,β-unsaturated/α-hetero) is 1. The Balaban J connectivity index is 2.15. The number of halogens is 1. The van der Waals surface area contributed by atoms with E-state index in [9.17, 15) is 23.6 Å². The summed E-state index contributed by atoms with van der Waals surface area (Å²) < 4.78 is 17.9. The minimum atomic E-state index is -0.966. The second kappa shape index (κ2) is 9.96. The van der Waals surface area contributed by atoms with Crippen LogP contribution in [0.5, 0.6) is 0 Å². The summed E-state index contributed by atoms with van der Waals surface area (Å²) in [6.07, 6.45) is 2.07. The lowest BCUT2D eigenvalue weighted by molar-refractivity contribution is -0.147. The Labute approximate surface area is 163 Å². The number of rotatable bonds is 7. The van der Waals surface area contributed by atoms with E-state index in [2.05, 4.69) is 10.6 Å². The van der Waals surface area contributed by atoms with Crippen LogP contribution in [0, 0.1) is 11.7 Å². The lowest BCUT2D eigenvalue weighted by Gasteiger charge is -2.29. The number of esters is 1. The van der Waals surface area contributed by atoms with Gasteiger partial charge in [0.2, 0.25) is 11.8 Å². The Morgan fingerprint density at radius 1 is 1.21 bits per heavy atom. The fourth-order valence-corrected chi connectivity index (χ4v) is 3.40. The van der Waals surface area contributed by atoms with Crippen LogP contribution in [0.4, 0.5) is 4.39 Å². The smallest absolute Gasteiger partial charge is 0.328 e. The van der Waals surface area contributed by atoms with E-state index in [0.717, 1.165) is 0 Å². The van der Waals surface area contributed by atoms with E-state index in [4.69, 9.17) is 4.74 Å². The van der Waals surface area contributed by atoms with Crippen LogP contribution in [0.1, 0.15) is 38.2 Å². The van der Waals surface area contributed by atoms with Gasteiger partial charge in [-0.15, -0.1) is 0 Å². The Kier molecular flexibility index (Phi) is 7.66. The molecule has 1 aromatic carbocycles. The molecule has 0 unspecified atom stereocenters. The van der Waals surface area contributed by atoms with E-state index in [0.29, 0.717) is 24.8 Å². The number of carbonyl (C=O) groups is 4. The quantitative estimate of drug-likeness (QED) is 0.681. The van der Waals surface area contributed by atoms with Crippen LogP contribution in [-0.2, 0) is 30.3 Å². The molecule has 1 fully saturated rings. The van der Waals surface area contributed by atoms with Gasteiger partial charge < -0.3 is 15.4 Å². The van der Waals surface area contributed by atoms with Crippen molar-refractivity contribution >= 4 is 23.6 Å². The number of benzene rings is 1. The molecule has 0 spiro atoms. The molecule has 8 heteroatoms. The SMILES string of the molecule is COC(=O)[C@H](NC(=O)[C@H](Cc1ccc(F)cc1)NC(C)=O)[C@H]1CCCC(=O)C1. The first-order valence-corrected chi connectivity index (χ1v) is 9.21. The minimum Gasteiger partial charge on any atom is -0.467 e. The highest BCUT2D eigenvalue weighted by Crippen LogP contribution is 2.25. The van der Waals surface area contributed by atoms with Gasteiger partial charge >= 0.3 is 5.97 Å². The van der Waals surface area contributed by atoms with E-state index < -0.39 is 35.7 Å². The molecule has 1 aliphatic carbocycles. The van der Waals surface area contributed by atoms with Gasteiger partial charge in [-0.05, 0) is 36.5 Å². The second-order valence-electron chi connectivity index (χ2n) is 6.99. The van der Waals surface area contributed by atoms with E-state index in [1.54, 1.807) is 0 Å². The molecular weight excluding hydrogens is 367 g/mol. The monoisotopic (exact) mass is 392 g/mol. The Morgan fingerprint density at radius 2 is 1.89 bits per heavy atom. The van der Waals surface area contributed by atoms with Crippen LogP contribution in [0.25, 0.3) is 0 Å².